The van der Waals surface area contributed by atoms with Gasteiger partial charge in [-0.05, 0) is 6.08 Å². The molecule has 1 aromatic heterocycles. The van der Waals surface area contributed by atoms with Gasteiger partial charge in [-0.1, -0.05) is 6.58 Å². The van der Waals surface area contributed by atoms with Gasteiger partial charge >= 0.3 is 5.92 Å². The zero-order chi connectivity index (χ0) is 10.1. The second kappa shape index (κ2) is 3.08. The summed E-state index contributed by atoms with van der Waals surface area (Å²) in [6, 6.07) is 0. The topological polar surface area (TPSA) is 34.9 Å². The van der Waals surface area contributed by atoms with Crippen molar-refractivity contribution in [2.45, 2.75) is 5.92 Å². The van der Waals surface area contributed by atoms with Crippen molar-refractivity contribution in [3.8, 4) is 0 Å². The number of alkyl halides is 2. The zero-order valence-corrected chi connectivity index (χ0v) is 7.00. The molecule has 0 aromatic carbocycles. The molecule has 0 spiro atoms. The van der Waals surface area contributed by atoms with Crippen molar-refractivity contribution in [1.82, 2.24) is 9.55 Å². The Kier molecular flexibility index (Phi) is 2.27. The Bertz CT molecular complexity index is 344. The van der Waals surface area contributed by atoms with Gasteiger partial charge in [0.1, 0.15) is 5.69 Å². The molecule has 1 rings (SSSR count). The van der Waals surface area contributed by atoms with Crippen LogP contribution in [0.5, 0.6) is 0 Å². The number of aromatic nitrogens is 2. The molecule has 0 amide bonds. The van der Waals surface area contributed by atoms with Crippen molar-refractivity contribution in [2.75, 3.05) is 0 Å². The molecule has 0 radical (unpaired) electrons. The van der Waals surface area contributed by atoms with Crippen molar-refractivity contribution in [1.29, 1.82) is 0 Å². The fourth-order valence-electron chi connectivity index (χ4n) is 0.948. The molecule has 13 heavy (non-hydrogen) atoms. The predicted molar refractivity (Wildman–Crippen MR) is 42.7 cm³/mol. The van der Waals surface area contributed by atoms with E-state index in [0.29, 0.717) is 12.4 Å². The Morgan fingerprint density at radius 3 is 2.69 bits per heavy atom. The Morgan fingerprint density at radius 1 is 1.69 bits per heavy atom. The molecule has 0 fully saturated rings. The van der Waals surface area contributed by atoms with Crippen LogP contribution in [0, 0.1) is 0 Å². The van der Waals surface area contributed by atoms with Crippen LogP contribution in [0.1, 0.15) is 16.3 Å². The minimum atomic E-state index is -3.15. The smallest absolute Gasteiger partial charge is 0.307 e. The van der Waals surface area contributed by atoms with E-state index < -0.39 is 5.92 Å². The molecule has 0 aliphatic rings. The fraction of sp³-hybridized carbons (Fsp3) is 0.250. The first-order chi connectivity index (χ1) is 6.03. The predicted octanol–water partition coefficient (Wildman–Crippen LogP) is 1.51. The summed E-state index contributed by atoms with van der Waals surface area (Å²) in [7, 11) is 1.35. The maximum Gasteiger partial charge on any atom is 0.307 e. The van der Waals surface area contributed by atoms with Gasteiger partial charge < -0.3 is 4.57 Å². The molecule has 0 unspecified atom stereocenters. The van der Waals surface area contributed by atoms with Crippen LogP contribution in [0.3, 0.4) is 0 Å². The van der Waals surface area contributed by atoms with Gasteiger partial charge in [-0.25, -0.2) is 4.98 Å². The summed E-state index contributed by atoms with van der Waals surface area (Å²) >= 11 is 0. The molecule has 0 aliphatic carbocycles. The van der Waals surface area contributed by atoms with Crippen molar-refractivity contribution in [3.05, 3.63) is 30.4 Å². The van der Waals surface area contributed by atoms with Gasteiger partial charge in [0.15, 0.2) is 12.1 Å². The Morgan fingerprint density at radius 2 is 2.31 bits per heavy atom. The van der Waals surface area contributed by atoms with Gasteiger partial charge in [0.25, 0.3) is 0 Å². The molecule has 0 aliphatic heterocycles. The number of imidazole rings is 1. The minimum Gasteiger partial charge on any atom is -0.324 e. The molecular formula is C8H8F2N2O. The lowest BCUT2D eigenvalue weighted by atomic mass is 10.2. The molecule has 3 nitrogen and oxygen atoms in total. The third kappa shape index (κ3) is 1.49. The van der Waals surface area contributed by atoms with E-state index >= 15 is 0 Å². The molecule has 0 saturated heterocycles. The van der Waals surface area contributed by atoms with Crippen LogP contribution in [0.25, 0.3) is 0 Å². The van der Waals surface area contributed by atoms with Gasteiger partial charge in [0, 0.05) is 7.05 Å². The summed E-state index contributed by atoms with van der Waals surface area (Å²) in [5.74, 6) is -3.18. The number of carbonyl (C=O) groups is 1. The second-order valence-electron chi connectivity index (χ2n) is 2.51. The van der Waals surface area contributed by atoms with Gasteiger partial charge in [-0.3, -0.25) is 4.79 Å². The number of halogens is 2. The summed E-state index contributed by atoms with van der Waals surface area (Å²) in [4.78, 5) is 13.8. The van der Waals surface area contributed by atoms with E-state index in [9.17, 15) is 13.6 Å². The first kappa shape index (κ1) is 9.57. The number of hydrogen-bond donors (Lipinski definition) is 0. The van der Waals surface area contributed by atoms with Crippen molar-refractivity contribution >= 4 is 6.29 Å². The van der Waals surface area contributed by atoms with Crippen LogP contribution < -0.4 is 0 Å². The quantitative estimate of drug-likeness (QED) is 0.529. The maximum atomic E-state index is 13.0. The molecule has 0 bridgehead atoms. The van der Waals surface area contributed by atoms with Crippen LogP contribution >= 0.6 is 0 Å². The average Bonchev–Trinajstić information content (AvgIpc) is 2.47. The lowest BCUT2D eigenvalue weighted by Gasteiger charge is -2.11. The van der Waals surface area contributed by atoms with Crippen LogP contribution in [0.15, 0.2) is 18.9 Å². The molecule has 70 valence electrons. The highest BCUT2D eigenvalue weighted by Gasteiger charge is 2.31. The van der Waals surface area contributed by atoms with E-state index in [0.717, 1.165) is 10.8 Å². The van der Waals surface area contributed by atoms with Gasteiger partial charge in [0.05, 0.1) is 6.20 Å². The fourth-order valence-corrected chi connectivity index (χ4v) is 0.948. The van der Waals surface area contributed by atoms with E-state index in [1.54, 1.807) is 0 Å². The summed E-state index contributed by atoms with van der Waals surface area (Å²) in [6.45, 7) is 3.01. The Balaban J connectivity index is 3.23. The number of nitrogens with zero attached hydrogens (tertiary/aromatic N) is 2. The molecule has 0 atom stereocenters. The number of aldehydes is 1. The lowest BCUT2D eigenvalue weighted by Crippen LogP contribution is -2.14. The minimum absolute atomic E-state index is 0.0310. The average molecular weight is 186 g/mol. The van der Waals surface area contributed by atoms with Crippen LogP contribution in [0.4, 0.5) is 8.78 Å². The summed E-state index contributed by atoms with van der Waals surface area (Å²) in [6.07, 6.45) is 1.90. The van der Waals surface area contributed by atoms with E-state index in [2.05, 4.69) is 11.6 Å². The summed E-state index contributed by atoms with van der Waals surface area (Å²) in [5.41, 5.74) is -0.343. The maximum absolute atomic E-state index is 13.0. The van der Waals surface area contributed by atoms with E-state index in [1.807, 2.05) is 0 Å². The number of rotatable bonds is 3. The summed E-state index contributed by atoms with van der Waals surface area (Å²) in [5, 5.41) is 0. The van der Waals surface area contributed by atoms with Gasteiger partial charge in [0.2, 0.25) is 0 Å². The van der Waals surface area contributed by atoms with E-state index in [4.69, 9.17) is 0 Å². The molecule has 0 N–H and O–H groups in total. The normalized spacial score (nSPS) is 11.3. The Labute approximate surface area is 73.7 Å². The molecule has 0 saturated carbocycles. The highest BCUT2D eigenvalue weighted by atomic mass is 19.3. The first-order valence-corrected chi connectivity index (χ1v) is 3.51. The van der Waals surface area contributed by atoms with Gasteiger partial charge in [-0.2, -0.15) is 8.78 Å². The monoisotopic (exact) mass is 186 g/mol. The molecular weight excluding hydrogens is 178 g/mol. The third-order valence-electron chi connectivity index (χ3n) is 1.73. The first-order valence-electron chi connectivity index (χ1n) is 3.51. The third-order valence-corrected chi connectivity index (χ3v) is 1.73. The number of allylic oxidation sites excluding steroid dienone is 1. The van der Waals surface area contributed by atoms with E-state index in [-0.39, 0.29) is 11.5 Å². The van der Waals surface area contributed by atoms with E-state index in [1.165, 1.54) is 7.05 Å². The number of carbonyl (C=O) groups excluding carboxylic acids is 1. The summed E-state index contributed by atoms with van der Waals surface area (Å²) < 4.78 is 27.0. The van der Waals surface area contributed by atoms with Crippen LogP contribution in [0.2, 0.25) is 0 Å². The SMILES string of the molecule is C=CC(F)(F)c1cnc(C=O)n1C. The highest BCUT2D eigenvalue weighted by Crippen LogP contribution is 2.28. The van der Waals surface area contributed by atoms with Gasteiger partial charge in [-0.15, -0.1) is 0 Å². The van der Waals surface area contributed by atoms with Crippen LogP contribution in [-0.4, -0.2) is 15.8 Å². The lowest BCUT2D eigenvalue weighted by molar-refractivity contribution is 0.0443. The standard InChI is InChI=1S/C8H8F2N2O/c1-3-8(9,10)6-4-11-7(5-13)12(6)2/h3-5H,1H2,2H3. The second-order valence-corrected chi connectivity index (χ2v) is 2.51. The molecule has 1 aromatic rings. The van der Waals surface area contributed by atoms with Crippen molar-refractivity contribution in [2.24, 2.45) is 7.05 Å². The molecule has 5 heteroatoms. The molecule has 1 heterocycles. The number of hydrogen-bond acceptors (Lipinski definition) is 2. The van der Waals surface area contributed by atoms with Crippen molar-refractivity contribution in [3.63, 3.8) is 0 Å². The van der Waals surface area contributed by atoms with Crippen molar-refractivity contribution < 1.29 is 13.6 Å². The zero-order valence-electron chi connectivity index (χ0n) is 7.00. The highest BCUT2D eigenvalue weighted by molar-refractivity contribution is 5.69. The largest absolute Gasteiger partial charge is 0.324 e. The van der Waals surface area contributed by atoms with Crippen LogP contribution in [-0.2, 0) is 13.0 Å². The Hall–Kier alpha value is -1.52.